The molecule has 0 unspecified atom stereocenters. The molecule has 0 saturated carbocycles. The van der Waals surface area contributed by atoms with Crippen molar-refractivity contribution in [1.29, 1.82) is 0 Å². The van der Waals surface area contributed by atoms with Gasteiger partial charge in [-0.05, 0) is 73.7 Å². The number of hydrogen-bond acceptors (Lipinski definition) is 6. The zero-order valence-corrected chi connectivity index (χ0v) is 18.3. The van der Waals surface area contributed by atoms with E-state index in [1.807, 2.05) is 49.4 Å². The lowest BCUT2D eigenvalue weighted by Crippen LogP contribution is -2.34. The molecule has 0 aliphatic rings. The second-order valence-electron chi connectivity index (χ2n) is 6.73. The molecule has 0 saturated heterocycles. The maximum absolute atomic E-state index is 12.5. The number of thiocarbonyl (C=S) groups is 1. The minimum absolute atomic E-state index is 0.166. The Morgan fingerprint density at radius 1 is 1.03 bits per heavy atom. The molecule has 1 aromatic heterocycles. The van der Waals surface area contributed by atoms with E-state index >= 15 is 0 Å². The van der Waals surface area contributed by atoms with E-state index in [4.69, 9.17) is 21.7 Å². The fraction of sp³-hybridized carbons (Fsp3) is 0.130. The number of rotatable bonds is 6. The van der Waals surface area contributed by atoms with Crippen LogP contribution in [-0.4, -0.2) is 39.7 Å². The van der Waals surface area contributed by atoms with Gasteiger partial charge in [-0.2, -0.15) is 4.80 Å². The minimum atomic E-state index is -0.359. The molecule has 0 radical (unpaired) electrons. The van der Waals surface area contributed by atoms with Crippen molar-refractivity contribution in [2.24, 2.45) is 0 Å². The topological polar surface area (TPSA) is 90.3 Å². The van der Waals surface area contributed by atoms with Gasteiger partial charge in [0.05, 0.1) is 25.0 Å². The quantitative estimate of drug-likeness (QED) is 0.433. The van der Waals surface area contributed by atoms with Crippen LogP contribution in [0.4, 0.5) is 5.69 Å². The van der Waals surface area contributed by atoms with Crippen LogP contribution in [0, 0.1) is 0 Å². The average molecular weight is 448 g/mol. The number of aromatic nitrogens is 3. The van der Waals surface area contributed by atoms with Crippen LogP contribution in [0.1, 0.15) is 17.3 Å². The summed E-state index contributed by atoms with van der Waals surface area (Å²) in [5.41, 5.74) is 3.31. The lowest BCUT2D eigenvalue weighted by atomic mass is 10.2. The Balaban J connectivity index is 1.46. The highest BCUT2D eigenvalue weighted by atomic mass is 32.1. The molecule has 0 fully saturated rings. The predicted octanol–water partition coefficient (Wildman–Crippen LogP) is 3.95. The fourth-order valence-corrected chi connectivity index (χ4v) is 3.33. The van der Waals surface area contributed by atoms with Gasteiger partial charge in [-0.25, -0.2) is 0 Å². The second-order valence-corrected chi connectivity index (χ2v) is 7.14. The number of benzene rings is 3. The van der Waals surface area contributed by atoms with Crippen molar-refractivity contribution in [2.75, 3.05) is 19.0 Å². The van der Waals surface area contributed by atoms with Crippen LogP contribution in [0.25, 0.3) is 16.7 Å². The standard InChI is InChI=1S/C23H21N5O3S/c1-3-31-17-11-9-16(10-12-17)28-26-19-13-8-15(14-20(19)27-28)24-23(32)25-22(29)18-6-4-5-7-21(18)30-2/h4-14H,3H2,1-2H3,(H2,24,25,29,32). The summed E-state index contributed by atoms with van der Waals surface area (Å²) in [6, 6.07) is 19.9. The molecule has 2 N–H and O–H groups in total. The van der Waals surface area contributed by atoms with Crippen LogP contribution < -0.4 is 20.1 Å². The van der Waals surface area contributed by atoms with Crippen LogP contribution in [0.3, 0.4) is 0 Å². The zero-order valence-electron chi connectivity index (χ0n) is 17.5. The van der Waals surface area contributed by atoms with Gasteiger partial charge >= 0.3 is 0 Å². The van der Waals surface area contributed by atoms with Crippen molar-refractivity contribution >= 4 is 40.0 Å². The van der Waals surface area contributed by atoms with Gasteiger partial charge < -0.3 is 14.8 Å². The van der Waals surface area contributed by atoms with Crippen molar-refractivity contribution in [3.8, 4) is 17.2 Å². The zero-order chi connectivity index (χ0) is 22.5. The smallest absolute Gasteiger partial charge is 0.261 e. The van der Waals surface area contributed by atoms with E-state index in [2.05, 4.69) is 20.8 Å². The van der Waals surface area contributed by atoms with Crippen LogP contribution in [0.15, 0.2) is 66.7 Å². The normalized spacial score (nSPS) is 10.6. The van der Waals surface area contributed by atoms with Crippen LogP contribution in [0.5, 0.6) is 11.5 Å². The first-order valence-electron chi connectivity index (χ1n) is 9.93. The number of anilines is 1. The molecule has 4 aromatic rings. The van der Waals surface area contributed by atoms with Gasteiger partial charge in [0.25, 0.3) is 5.91 Å². The Hall–Kier alpha value is -3.98. The van der Waals surface area contributed by atoms with Crippen molar-refractivity contribution in [2.45, 2.75) is 6.92 Å². The number of nitrogens with zero attached hydrogens (tertiary/aromatic N) is 3. The number of carbonyl (C=O) groups is 1. The second kappa shape index (κ2) is 9.44. The number of carbonyl (C=O) groups excluding carboxylic acids is 1. The van der Waals surface area contributed by atoms with Crippen molar-refractivity contribution in [3.05, 3.63) is 72.3 Å². The molecule has 3 aromatic carbocycles. The molecule has 0 aliphatic carbocycles. The molecule has 1 heterocycles. The van der Waals surface area contributed by atoms with E-state index in [0.717, 1.165) is 17.0 Å². The van der Waals surface area contributed by atoms with Gasteiger partial charge in [0, 0.05) is 5.69 Å². The Morgan fingerprint density at radius 3 is 2.53 bits per heavy atom. The Labute approximate surface area is 190 Å². The number of ether oxygens (including phenoxy) is 2. The predicted molar refractivity (Wildman–Crippen MR) is 127 cm³/mol. The summed E-state index contributed by atoms with van der Waals surface area (Å²) in [6.07, 6.45) is 0. The molecule has 1 amide bonds. The van der Waals surface area contributed by atoms with Gasteiger partial charge in [-0.1, -0.05) is 12.1 Å². The van der Waals surface area contributed by atoms with Crippen LogP contribution in [0.2, 0.25) is 0 Å². The first kappa shape index (κ1) is 21.3. The maximum atomic E-state index is 12.5. The van der Waals surface area contributed by atoms with E-state index in [1.165, 1.54) is 7.11 Å². The number of para-hydroxylation sites is 1. The Morgan fingerprint density at radius 2 is 1.78 bits per heavy atom. The average Bonchev–Trinajstić information content (AvgIpc) is 3.23. The van der Waals surface area contributed by atoms with Gasteiger partial charge in [0.1, 0.15) is 22.5 Å². The number of amides is 1. The molecule has 32 heavy (non-hydrogen) atoms. The molecule has 0 aliphatic heterocycles. The monoisotopic (exact) mass is 447 g/mol. The highest BCUT2D eigenvalue weighted by Gasteiger charge is 2.13. The first-order valence-corrected chi connectivity index (χ1v) is 10.3. The summed E-state index contributed by atoms with van der Waals surface area (Å²) in [5.74, 6) is 0.908. The SMILES string of the molecule is CCOc1ccc(-n2nc3ccc(NC(=S)NC(=O)c4ccccc4OC)cc3n2)cc1. The minimum Gasteiger partial charge on any atom is -0.496 e. The largest absolute Gasteiger partial charge is 0.496 e. The molecule has 8 nitrogen and oxygen atoms in total. The van der Waals surface area contributed by atoms with E-state index in [9.17, 15) is 4.79 Å². The molecule has 0 atom stereocenters. The molecule has 9 heteroatoms. The number of hydrogen-bond donors (Lipinski definition) is 2. The van der Waals surface area contributed by atoms with Gasteiger partial charge in [-0.15, -0.1) is 10.2 Å². The lowest BCUT2D eigenvalue weighted by Gasteiger charge is -2.11. The van der Waals surface area contributed by atoms with Gasteiger partial charge in [0.15, 0.2) is 5.11 Å². The summed E-state index contributed by atoms with van der Waals surface area (Å²) in [7, 11) is 1.51. The van der Waals surface area contributed by atoms with Gasteiger partial charge in [0.2, 0.25) is 0 Å². The van der Waals surface area contributed by atoms with Gasteiger partial charge in [-0.3, -0.25) is 10.1 Å². The third-order valence-corrected chi connectivity index (χ3v) is 4.80. The number of methoxy groups -OCH3 is 1. The van der Waals surface area contributed by atoms with Crippen LogP contribution >= 0.6 is 12.2 Å². The van der Waals surface area contributed by atoms with Crippen LogP contribution in [-0.2, 0) is 0 Å². The summed E-state index contributed by atoms with van der Waals surface area (Å²) in [5, 5.41) is 14.9. The Bertz CT molecular complexity index is 1270. The maximum Gasteiger partial charge on any atom is 0.261 e. The van der Waals surface area contributed by atoms with Crippen molar-refractivity contribution in [1.82, 2.24) is 20.3 Å². The van der Waals surface area contributed by atoms with Crippen molar-refractivity contribution in [3.63, 3.8) is 0 Å². The molecule has 162 valence electrons. The highest BCUT2D eigenvalue weighted by molar-refractivity contribution is 7.80. The summed E-state index contributed by atoms with van der Waals surface area (Å²) >= 11 is 5.29. The first-order chi connectivity index (χ1) is 15.6. The number of nitrogens with one attached hydrogen (secondary N) is 2. The third kappa shape index (κ3) is 4.68. The molecule has 0 bridgehead atoms. The summed E-state index contributed by atoms with van der Waals surface area (Å²) < 4.78 is 10.7. The molecular formula is C23H21N5O3S. The lowest BCUT2D eigenvalue weighted by molar-refractivity contribution is 0.0975. The third-order valence-electron chi connectivity index (χ3n) is 4.60. The van der Waals surface area contributed by atoms with Crippen molar-refractivity contribution < 1.29 is 14.3 Å². The van der Waals surface area contributed by atoms with E-state index < -0.39 is 0 Å². The highest BCUT2D eigenvalue weighted by Crippen LogP contribution is 2.20. The van der Waals surface area contributed by atoms with E-state index in [1.54, 1.807) is 29.1 Å². The summed E-state index contributed by atoms with van der Waals surface area (Å²) in [6.45, 7) is 2.55. The summed E-state index contributed by atoms with van der Waals surface area (Å²) in [4.78, 5) is 14.1. The molecule has 4 rings (SSSR count). The fourth-order valence-electron chi connectivity index (χ4n) is 3.12. The molecule has 0 spiro atoms. The molecular weight excluding hydrogens is 426 g/mol. The number of fused-ring (bicyclic) bond motifs is 1. The van der Waals surface area contributed by atoms with E-state index in [-0.39, 0.29) is 11.0 Å². The van der Waals surface area contributed by atoms with E-state index in [0.29, 0.717) is 29.1 Å². The Kier molecular flexibility index (Phi) is 6.27.